The molecule has 0 aromatic rings. The number of halogens is 2. The number of nitrogens with zero attached hydrogens (tertiary/aromatic N) is 1. The monoisotopic (exact) mass is 347 g/mol. The van der Waals surface area contributed by atoms with Crippen molar-refractivity contribution >= 4 is 19.8 Å². The van der Waals surface area contributed by atoms with Crippen molar-refractivity contribution < 1.29 is 51.0 Å². The predicted molar refractivity (Wildman–Crippen MR) is 60.9 cm³/mol. The molecule has 0 unspecified atom stereocenters. The van der Waals surface area contributed by atoms with Gasteiger partial charge in [-0.2, -0.15) is 0 Å². The maximum atomic E-state index is 4.54. The zero-order valence-corrected chi connectivity index (χ0v) is 14.5. The van der Waals surface area contributed by atoms with Gasteiger partial charge in [-0.05, 0) is 30.7 Å². The van der Waals surface area contributed by atoms with Crippen molar-refractivity contribution in [3.05, 3.63) is 35.1 Å². The first kappa shape index (κ1) is 18.8. The first-order valence-electron chi connectivity index (χ1n) is 4.51. The van der Waals surface area contributed by atoms with E-state index in [0.717, 1.165) is 11.4 Å². The van der Waals surface area contributed by atoms with Crippen molar-refractivity contribution in [3.8, 4) is 0 Å². The maximum Gasteiger partial charge on any atom is 2.00 e. The van der Waals surface area contributed by atoms with Crippen LogP contribution in [-0.2, 0) is 26.2 Å². The van der Waals surface area contributed by atoms with Gasteiger partial charge >= 0.3 is 26.2 Å². The molecular weight excluding hydrogens is 336 g/mol. The molecule has 0 aromatic heterocycles. The van der Waals surface area contributed by atoms with E-state index in [1.807, 2.05) is 0 Å². The normalized spacial score (nSPS) is 15.2. The van der Waals surface area contributed by atoms with E-state index in [1.165, 1.54) is 11.1 Å². The average molecular weight is 349 g/mol. The summed E-state index contributed by atoms with van der Waals surface area (Å²) >= 11 is 0. The van der Waals surface area contributed by atoms with Gasteiger partial charge in [0.1, 0.15) is 0 Å². The van der Waals surface area contributed by atoms with Crippen LogP contribution >= 0.6 is 0 Å². The smallest absolute Gasteiger partial charge is 1.00 e. The topological polar surface area (TPSA) is 12.4 Å². The first-order valence-corrected chi connectivity index (χ1v) is 7.08. The predicted octanol–water partition coefficient (Wildman–Crippen LogP) is -3.64. The number of hydrogen-bond donors (Lipinski definition) is 0. The van der Waals surface area contributed by atoms with E-state index in [4.69, 9.17) is 0 Å². The molecule has 1 aliphatic heterocycles. The fraction of sp³-hybridized carbons (Fsp3) is 0.273. The molecule has 0 bridgehead atoms. The Morgan fingerprint density at radius 2 is 1.75 bits per heavy atom. The van der Waals surface area contributed by atoms with Crippen LogP contribution in [0.1, 0.15) is 6.92 Å². The van der Waals surface area contributed by atoms with Gasteiger partial charge in [-0.1, -0.05) is 18.8 Å². The molecule has 0 fully saturated rings. The molecule has 0 aromatic carbocycles. The molecule has 0 radical (unpaired) electrons. The number of aliphatic imine (C=N–C) groups is 1. The van der Waals surface area contributed by atoms with Crippen LogP contribution in [0, 0.1) is 0 Å². The Morgan fingerprint density at radius 1 is 1.12 bits per heavy atom. The average Bonchev–Trinajstić information content (AvgIpc) is 2.41. The van der Waals surface area contributed by atoms with Gasteiger partial charge in [-0.3, -0.25) is 0 Å². The van der Waals surface area contributed by atoms with Crippen LogP contribution in [0.25, 0.3) is 0 Å². The number of rotatable bonds is 1. The molecular formula is C11H13Cl2NSiZr. The minimum Gasteiger partial charge on any atom is -1.00 e. The van der Waals surface area contributed by atoms with Gasteiger partial charge in [0.05, 0.1) is 11.4 Å². The second-order valence-corrected chi connectivity index (χ2v) is 6.22. The van der Waals surface area contributed by atoms with Crippen molar-refractivity contribution in [2.45, 2.75) is 20.0 Å². The van der Waals surface area contributed by atoms with E-state index in [9.17, 15) is 0 Å². The molecule has 0 saturated heterocycles. The molecule has 84 valence electrons. The van der Waals surface area contributed by atoms with Crippen LogP contribution in [-0.4, -0.2) is 19.8 Å². The van der Waals surface area contributed by atoms with Crippen molar-refractivity contribution in [3.63, 3.8) is 0 Å². The summed E-state index contributed by atoms with van der Waals surface area (Å²) in [6.07, 6.45) is 6.52. The summed E-state index contributed by atoms with van der Waals surface area (Å²) in [5.41, 5.74) is 7.19. The van der Waals surface area contributed by atoms with Crippen LogP contribution in [0.5, 0.6) is 0 Å². The Labute approximate surface area is 130 Å². The molecule has 16 heavy (non-hydrogen) atoms. The Bertz CT molecular complexity index is 416. The molecule has 2 rings (SSSR count). The van der Waals surface area contributed by atoms with E-state index in [1.54, 1.807) is 0 Å². The first-order chi connectivity index (χ1) is 6.15. The molecule has 1 heterocycles. The SMILES string of the molecule is CC1=CC2=CC(C=[Si](C)C)=NC2=C1.[Cl-].[Cl-].[Zr+2]. The Morgan fingerprint density at radius 3 is 2.25 bits per heavy atom. The second kappa shape index (κ2) is 7.71. The zero-order valence-electron chi connectivity index (χ0n) is 9.51. The van der Waals surface area contributed by atoms with Gasteiger partial charge in [0.15, 0.2) is 0 Å². The van der Waals surface area contributed by atoms with Gasteiger partial charge in [-0.25, -0.2) is 4.99 Å². The fourth-order valence-corrected chi connectivity index (χ4v) is 2.31. The van der Waals surface area contributed by atoms with Crippen molar-refractivity contribution in [2.75, 3.05) is 0 Å². The number of hydrogen-bond acceptors (Lipinski definition) is 1. The summed E-state index contributed by atoms with van der Waals surface area (Å²) < 4.78 is 0. The maximum absolute atomic E-state index is 4.54. The van der Waals surface area contributed by atoms with Crippen LogP contribution < -0.4 is 24.8 Å². The van der Waals surface area contributed by atoms with Crippen molar-refractivity contribution in [2.24, 2.45) is 4.99 Å². The fourth-order valence-electron chi connectivity index (χ4n) is 1.57. The zero-order chi connectivity index (χ0) is 9.42. The molecule has 0 saturated carbocycles. The summed E-state index contributed by atoms with van der Waals surface area (Å²) in [6, 6.07) is 0. The standard InChI is InChI=1S/C11H13NSi.2ClH.Zr/c1-8-4-9-6-10(7-13(2)3)12-11(9)5-8;;;/h4-7H,1-3H3;2*1H;/q;;;+2/p-2. The van der Waals surface area contributed by atoms with E-state index >= 15 is 0 Å². The third-order valence-corrected chi connectivity index (χ3v) is 2.91. The molecule has 0 N–H and O–H groups in total. The van der Waals surface area contributed by atoms with Gasteiger partial charge < -0.3 is 24.8 Å². The molecule has 0 amide bonds. The Kier molecular flexibility index (Phi) is 9.05. The van der Waals surface area contributed by atoms with Gasteiger partial charge in [0, 0.05) is 14.0 Å². The molecule has 2 aliphatic rings. The molecule has 5 heteroatoms. The number of fused-ring (bicyclic) bond motifs is 1. The molecule has 1 nitrogen and oxygen atoms in total. The molecule has 0 spiro atoms. The summed E-state index contributed by atoms with van der Waals surface area (Å²) in [7, 11) is -0.310. The number of allylic oxidation sites excluding steroid dienone is 4. The second-order valence-electron chi connectivity index (χ2n) is 3.78. The van der Waals surface area contributed by atoms with Crippen LogP contribution in [0.15, 0.2) is 40.1 Å². The Hall–Kier alpha value is 0.440. The van der Waals surface area contributed by atoms with E-state index in [-0.39, 0.29) is 59.4 Å². The van der Waals surface area contributed by atoms with Gasteiger partial charge in [-0.15, -0.1) is 0 Å². The van der Waals surface area contributed by atoms with Crippen LogP contribution in [0.4, 0.5) is 0 Å². The van der Waals surface area contributed by atoms with Crippen molar-refractivity contribution in [1.82, 2.24) is 0 Å². The van der Waals surface area contributed by atoms with Crippen molar-refractivity contribution in [1.29, 1.82) is 0 Å². The van der Waals surface area contributed by atoms with E-state index < -0.39 is 0 Å². The van der Waals surface area contributed by atoms with Gasteiger partial charge in [0.25, 0.3) is 0 Å². The molecule has 0 atom stereocenters. The quantitative estimate of drug-likeness (QED) is 0.433. The third-order valence-electron chi connectivity index (χ3n) is 2.03. The summed E-state index contributed by atoms with van der Waals surface area (Å²) in [5, 5.41) is 0. The van der Waals surface area contributed by atoms with Gasteiger partial charge in [0.2, 0.25) is 0 Å². The van der Waals surface area contributed by atoms with E-state index in [2.05, 4.69) is 48.9 Å². The Balaban J connectivity index is 0. The third kappa shape index (κ3) is 4.37. The van der Waals surface area contributed by atoms with Crippen LogP contribution in [0.3, 0.4) is 0 Å². The minimum atomic E-state index is -0.310. The summed E-state index contributed by atoms with van der Waals surface area (Å²) in [6.45, 7) is 6.66. The summed E-state index contributed by atoms with van der Waals surface area (Å²) in [5.74, 6) is 0. The van der Waals surface area contributed by atoms with E-state index in [0.29, 0.717) is 0 Å². The molecule has 1 aliphatic carbocycles. The summed E-state index contributed by atoms with van der Waals surface area (Å²) in [4.78, 5) is 4.54. The van der Waals surface area contributed by atoms with Crippen LogP contribution in [0.2, 0.25) is 13.1 Å². The largest absolute Gasteiger partial charge is 2.00 e. The minimum absolute atomic E-state index is 0.